The molecule has 8 nitrogen and oxygen atoms in total. The van der Waals surface area contributed by atoms with Gasteiger partial charge in [-0.05, 0) is 105 Å². The van der Waals surface area contributed by atoms with E-state index in [2.05, 4.69) is 51.5 Å². The minimum absolute atomic E-state index is 0.163. The van der Waals surface area contributed by atoms with Gasteiger partial charge in [0.25, 0.3) is 5.91 Å². The van der Waals surface area contributed by atoms with Gasteiger partial charge in [0.1, 0.15) is 17.7 Å². The minimum Gasteiger partial charge on any atom is -0.489 e. The number of nitrogens with one attached hydrogen (secondary N) is 1. The van der Waals surface area contributed by atoms with Gasteiger partial charge in [-0.2, -0.15) is 0 Å². The number of amides is 1. The fraction of sp³-hybridized carbons (Fsp3) is 0.543. The number of nitrogens with zero attached hydrogens (tertiary/aromatic N) is 4. The first kappa shape index (κ1) is 27.4. The monoisotopic (exact) mass is 581 g/mol. The molecule has 5 aliphatic rings. The molecule has 8 rings (SSSR count). The van der Waals surface area contributed by atoms with E-state index in [0.29, 0.717) is 12.6 Å². The molecule has 0 saturated carbocycles. The lowest BCUT2D eigenvalue weighted by atomic mass is 9.87. The highest BCUT2D eigenvalue weighted by Crippen LogP contribution is 2.41. The van der Waals surface area contributed by atoms with Crippen molar-refractivity contribution in [2.45, 2.75) is 75.7 Å². The Kier molecular flexibility index (Phi) is 7.24. The minimum atomic E-state index is 0.163. The summed E-state index contributed by atoms with van der Waals surface area (Å²) in [5.74, 6) is 2.17. The standard InChI is InChI=1S/C35H43N5O3/c41-34-31-7-6-29(20-27(31)23-39(34)28-3-1-14-36-21-28)43-30-10-16-38(24-30)22-25-4-8-32-26(19-25)5-9-33(37-32)40-15-2-11-35(40)12-17-42-18-13-35/h4-9,19-20,28,30,36H,1-3,10-18,21-24H2/t28?,30-/m0/s1. The van der Waals surface area contributed by atoms with Crippen LogP contribution in [-0.4, -0.2) is 84.3 Å². The fourth-order valence-corrected chi connectivity index (χ4v) is 8.25. The van der Waals surface area contributed by atoms with Crippen LogP contribution in [0.5, 0.6) is 5.75 Å². The molecule has 4 fully saturated rings. The average molecular weight is 582 g/mol. The van der Waals surface area contributed by atoms with Crippen LogP contribution in [0.1, 0.15) is 66.4 Å². The Morgan fingerprint density at radius 2 is 1.93 bits per heavy atom. The van der Waals surface area contributed by atoms with Gasteiger partial charge in [0, 0.05) is 75.0 Å². The molecule has 1 N–H and O–H groups in total. The van der Waals surface area contributed by atoms with Gasteiger partial charge >= 0.3 is 0 Å². The van der Waals surface area contributed by atoms with Crippen molar-refractivity contribution >= 4 is 22.6 Å². The van der Waals surface area contributed by atoms with Gasteiger partial charge < -0.3 is 24.6 Å². The Morgan fingerprint density at radius 1 is 1.00 bits per heavy atom. The number of pyridine rings is 1. The molecule has 4 saturated heterocycles. The van der Waals surface area contributed by atoms with Crippen molar-refractivity contribution in [1.29, 1.82) is 0 Å². The van der Waals surface area contributed by atoms with E-state index in [1.165, 1.54) is 23.8 Å². The molecular weight excluding hydrogens is 538 g/mol. The molecule has 6 heterocycles. The third-order valence-corrected chi connectivity index (χ3v) is 10.6. The SMILES string of the molecule is O=C1c2ccc(O[C@H]3CCN(Cc4ccc5nc(N6CCCC67CCOCC7)ccc5c4)C3)cc2CN1C1CCCNC1. The van der Waals surface area contributed by atoms with Gasteiger partial charge in [-0.15, -0.1) is 0 Å². The highest BCUT2D eigenvalue weighted by molar-refractivity contribution is 5.98. The normalized spacial score (nSPS) is 25.6. The number of aromatic nitrogens is 1. The molecule has 2 atom stereocenters. The molecule has 1 unspecified atom stereocenters. The van der Waals surface area contributed by atoms with E-state index in [9.17, 15) is 4.79 Å². The van der Waals surface area contributed by atoms with Crippen LogP contribution in [-0.2, 0) is 17.8 Å². The summed E-state index contributed by atoms with van der Waals surface area (Å²) in [5.41, 5.74) is 4.57. The molecule has 3 aromatic rings. The second-order valence-electron chi connectivity index (χ2n) is 13.3. The number of hydrogen-bond donors (Lipinski definition) is 1. The summed E-state index contributed by atoms with van der Waals surface area (Å²) >= 11 is 0. The van der Waals surface area contributed by atoms with Crippen LogP contribution >= 0.6 is 0 Å². The number of carbonyl (C=O) groups is 1. The van der Waals surface area contributed by atoms with E-state index < -0.39 is 0 Å². The summed E-state index contributed by atoms with van der Waals surface area (Å²) in [7, 11) is 0. The summed E-state index contributed by atoms with van der Waals surface area (Å²) < 4.78 is 12.1. The Bertz CT molecular complexity index is 1500. The first-order valence-electron chi connectivity index (χ1n) is 16.4. The molecule has 0 radical (unpaired) electrons. The average Bonchev–Trinajstić information content (AvgIpc) is 3.75. The Balaban J connectivity index is 0.890. The Morgan fingerprint density at radius 3 is 2.81 bits per heavy atom. The van der Waals surface area contributed by atoms with E-state index in [-0.39, 0.29) is 17.6 Å². The first-order valence-corrected chi connectivity index (χ1v) is 16.4. The molecule has 0 aliphatic carbocycles. The topological polar surface area (TPSA) is 70.2 Å². The second-order valence-corrected chi connectivity index (χ2v) is 13.3. The van der Waals surface area contributed by atoms with E-state index in [0.717, 1.165) is 113 Å². The lowest BCUT2D eigenvalue weighted by molar-refractivity contribution is 0.0544. The maximum absolute atomic E-state index is 13.0. The highest BCUT2D eigenvalue weighted by Gasteiger charge is 2.42. The molecule has 1 aromatic heterocycles. The number of ether oxygens (including phenoxy) is 2. The summed E-state index contributed by atoms with van der Waals surface area (Å²) in [6, 6.07) is 17.6. The van der Waals surface area contributed by atoms with E-state index >= 15 is 0 Å². The molecule has 0 bridgehead atoms. The molecule has 43 heavy (non-hydrogen) atoms. The van der Waals surface area contributed by atoms with Crippen LogP contribution in [0.3, 0.4) is 0 Å². The van der Waals surface area contributed by atoms with Gasteiger partial charge in [-0.25, -0.2) is 4.98 Å². The third-order valence-electron chi connectivity index (χ3n) is 10.6. The van der Waals surface area contributed by atoms with Crippen molar-refractivity contribution in [1.82, 2.24) is 20.1 Å². The van der Waals surface area contributed by atoms with Gasteiger partial charge in [-0.3, -0.25) is 9.69 Å². The van der Waals surface area contributed by atoms with Crippen LogP contribution < -0.4 is 15.0 Å². The van der Waals surface area contributed by atoms with Crippen LogP contribution in [0, 0.1) is 0 Å². The van der Waals surface area contributed by atoms with Crippen LogP contribution in [0.4, 0.5) is 5.82 Å². The maximum atomic E-state index is 13.0. The lowest BCUT2D eigenvalue weighted by Crippen LogP contribution is -2.48. The first-order chi connectivity index (χ1) is 21.1. The number of rotatable bonds is 6. The lowest BCUT2D eigenvalue weighted by Gasteiger charge is -2.42. The molecule has 1 spiro atoms. The van der Waals surface area contributed by atoms with Crippen molar-refractivity contribution in [3.8, 4) is 5.75 Å². The van der Waals surface area contributed by atoms with Crippen LogP contribution in [0.25, 0.3) is 10.9 Å². The summed E-state index contributed by atoms with van der Waals surface area (Å²) in [5, 5.41) is 4.65. The molecule has 2 aromatic carbocycles. The zero-order valence-corrected chi connectivity index (χ0v) is 25.1. The number of hydrogen-bond acceptors (Lipinski definition) is 7. The number of anilines is 1. The van der Waals surface area contributed by atoms with Crippen molar-refractivity contribution in [3.05, 3.63) is 65.2 Å². The Hall–Kier alpha value is -3.20. The predicted molar refractivity (Wildman–Crippen MR) is 168 cm³/mol. The molecule has 5 aliphatic heterocycles. The second kappa shape index (κ2) is 11.4. The van der Waals surface area contributed by atoms with E-state index in [4.69, 9.17) is 14.5 Å². The van der Waals surface area contributed by atoms with E-state index in [1.807, 2.05) is 17.0 Å². The van der Waals surface area contributed by atoms with Crippen molar-refractivity contribution in [3.63, 3.8) is 0 Å². The molecule has 1 amide bonds. The van der Waals surface area contributed by atoms with Crippen LogP contribution in [0.15, 0.2) is 48.5 Å². The predicted octanol–water partition coefficient (Wildman–Crippen LogP) is 4.75. The summed E-state index contributed by atoms with van der Waals surface area (Å²) in [6.07, 6.45) is 8.08. The zero-order chi connectivity index (χ0) is 28.8. The van der Waals surface area contributed by atoms with Crippen LogP contribution in [0.2, 0.25) is 0 Å². The summed E-state index contributed by atoms with van der Waals surface area (Å²) in [6.45, 7) is 8.30. The van der Waals surface area contributed by atoms with Gasteiger partial charge in [-0.1, -0.05) is 6.07 Å². The summed E-state index contributed by atoms with van der Waals surface area (Å²) in [4.78, 5) is 25.3. The smallest absolute Gasteiger partial charge is 0.254 e. The molecule has 226 valence electrons. The molecular formula is C35H43N5O3. The number of fused-ring (bicyclic) bond motifs is 2. The maximum Gasteiger partial charge on any atom is 0.254 e. The largest absolute Gasteiger partial charge is 0.489 e. The van der Waals surface area contributed by atoms with Crippen molar-refractivity contribution in [2.75, 3.05) is 50.8 Å². The fourth-order valence-electron chi connectivity index (χ4n) is 8.25. The number of piperidine rings is 1. The number of likely N-dealkylation sites (tertiary alicyclic amines) is 1. The number of carbonyl (C=O) groups excluding carboxylic acids is 1. The van der Waals surface area contributed by atoms with Gasteiger partial charge in [0.15, 0.2) is 0 Å². The van der Waals surface area contributed by atoms with Gasteiger partial charge in [0.05, 0.1) is 5.52 Å². The quantitative estimate of drug-likeness (QED) is 0.451. The van der Waals surface area contributed by atoms with Crippen molar-refractivity contribution in [2.24, 2.45) is 0 Å². The molecule has 8 heteroatoms. The van der Waals surface area contributed by atoms with Crippen molar-refractivity contribution < 1.29 is 14.3 Å². The number of benzene rings is 2. The highest BCUT2D eigenvalue weighted by atomic mass is 16.5. The third kappa shape index (κ3) is 5.28. The Labute approximate surface area is 254 Å². The van der Waals surface area contributed by atoms with Gasteiger partial charge in [0.2, 0.25) is 0 Å². The van der Waals surface area contributed by atoms with E-state index in [1.54, 1.807) is 0 Å². The zero-order valence-electron chi connectivity index (χ0n) is 25.1.